The summed E-state index contributed by atoms with van der Waals surface area (Å²) in [4.78, 5) is 37.1. The van der Waals surface area contributed by atoms with E-state index in [4.69, 9.17) is 4.74 Å². The highest BCUT2D eigenvalue weighted by atomic mass is 16.5. The molecule has 0 bridgehead atoms. The maximum atomic E-state index is 13.1. The van der Waals surface area contributed by atoms with Crippen LogP contribution in [0.15, 0.2) is 48.5 Å². The molecule has 4 rings (SSSR count). The Morgan fingerprint density at radius 3 is 2.17 bits per heavy atom. The molecule has 35 heavy (non-hydrogen) atoms. The molecule has 0 saturated heterocycles. The Morgan fingerprint density at radius 1 is 1.00 bits per heavy atom. The van der Waals surface area contributed by atoms with Crippen molar-refractivity contribution in [2.75, 3.05) is 19.7 Å². The van der Waals surface area contributed by atoms with E-state index in [1.54, 1.807) is 0 Å². The van der Waals surface area contributed by atoms with Crippen molar-refractivity contribution in [2.45, 2.75) is 51.4 Å². The number of carbonyl (C=O) groups is 3. The fourth-order valence-corrected chi connectivity index (χ4v) is 5.49. The molecule has 1 unspecified atom stereocenters. The van der Waals surface area contributed by atoms with Crippen LogP contribution in [0.1, 0.15) is 62.5 Å². The topological polar surface area (TPSA) is 105 Å². The highest BCUT2D eigenvalue weighted by molar-refractivity contribution is 5.84. The van der Waals surface area contributed by atoms with E-state index in [-0.39, 0.29) is 31.5 Å². The molecule has 7 nitrogen and oxygen atoms in total. The first-order valence-electron chi connectivity index (χ1n) is 12.5. The molecule has 0 heterocycles. The second-order valence-electron chi connectivity index (χ2n) is 9.70. The molecule has 2 aliphatic carbocycles. The van der Waals surface area contributed by atoms with Gasteiger partial charge in [-0.05, 0) is 41.5 Å². The molecule has 0 spiro atoms. The van der Waals surface area contributed by atoms with Crippen molar-refractivity contribution in [3.05, 3.63) is 59.7 Å². The summed E-state index contributed by atoms with van der Waals surface area (Å²) >= 11 is 0. The van der Waals surface area contributed by atoms with Gasteiger partial charge < -0.3 is 20.5 Å². The first-order valence-corrected chi connectivity index (χ1v) is 12.5. The molecular formula is C28H34N2O5. The summed E-state index contributed by atoms with van der Waals surface area (Å²) in [5.41, 5.74) is 3.91. The van der Waals surface area contributed by atoms with Crippen LogP contribution in [-0.2, 0) is 14.3 Å². The van der Waals surface area contributed by atoms with Gasteiger partial charge in [0.2, 0.25) is 5.91 Å². The Kier molecular flexibility index (Phi) is 7.73. The van der Waals surface area contributed by atoms with Gasteiger partial charge in [0.15, 0.2) is 0 Å². The van der Waals surface area contributed by atoms with E-state index in [2.05, 4.69) is 34.9 Å². The van der Waals surface area contributed by atoms with Crippen molar-refractivity contribution in [1.82, 2.24) is 10.6 Å². The summed E-state index contributed by atoms with van der Waals surface area (Å²) in [6, 6.07) is 16.3. The molecule has 0 aromatic heterocycles. The SMILES string of the molecule is CCCC(CNC(=O)C1(CNC(=O)OCC2c3ccccc3-c3ccccc32)CCCC1)C(=O)O. The summed E-state index contributed by atoms with van der Waals surface area (Å²) < 4.78 is 5.63. The number of ether oxygens (including phenoxy) is 1. The largest absolute Gasteiger partial charge is 0.481 e. The number of nitrogens with one attached hydrogen (secondary N) is 2. The van der Waals surface area contributed by atoms with Gasteiger partial charge in [-0.25, -0.2) is 4.79 Å². The number of carboxylic acids is 1. The highest BCUT2D eigenvalue weighted by Gasteiger charge is 2.42. The molecular weight excluding hydrogens is 444 g/mol. The van der Waals surface area contributed by atoms with Gasteiger partial charge in [0.05, 0.1) is 11.3 Å². The Bertz CT molecular complexity index is 1030. The molecule has 1 atom stereocenters. The fraction of sp³-hybridized carbons (Fsp3) is 0.464. The van der Waals surface area contributed by atoms with Crippen molar-refractivity contribution >= 4 is 18.0 Å². The van der Waals surface area contributed by atoms with Gasteiger partial charge in [-0.1, -0.05) is 74.7 Å². The third-order valence-electron chi connectivity index (χ3n) is 7.45. The number of benzene rings is 2. The number of rotatable bonds is 10. The monoisotopic (exact) mass is 478 g/mol. The van der Waals surface area contributed by atoms with Gasteiger partial charge in [-0.2, -0.15) is 0 Å². The molecule has 2 amide bonds. The average molecular weight is 479 g/mol. The summed E-state index contributed by atoms with van der Waals surface area (Å²) in [6.07, 6.45) is 3.83. The van der Waals surface area contributed by atoms with Crippen LogP contribution in [0.4, 0.5) is 4.79 Å². The van der Waals surface area contributed by atoms with E-state index in [9.17, 15) is 19.5 Å². The summed E-state index contributed by atoms with van der Waals surface area (Å²) in [6.45, 7) is 2.43. The van der Waals surface area contributed by atoms with Crippen molar-refractivity contribution in [1.29, 1.82) is 0 Å². The number of hydrogen-bond donors (Lipinski definition) is 3. The highest BCUT2D eigenvalue weighted by Crippen LogP contribution is 2.44. The number of carbonyl (C=O) groups excluding carboxylic acids is 2. The van der Waals surface area contributed by atoms with E-state index in [1.165, 1.54) is 11.1 Å². The Balaban J connectivity index is 1.34. The standard InChI is InChI=1S/C28H34N2O5/c1-2-9-19(25(31)32)16-29-26(33)28(14-7-8-15-28)18-30-27(34)35-17-24-22-12-5-3-10-20(22)21-11-4-6-13-23(21)24/h3-6,10-13,19,24H,2,7-9,14-18H2,1H3,(H,29,33)(H,30,34)(H,31,32). The summed E-state index contributed by atoms with van der Waals surface area (Å²) in [5.74, 6) is -1.71. The maximum absolute atomic E-state index is 13.1. The third kappa shape index (κ3) is 5.34. The van der Waals surface area contributed by atoms with Crippen molar-refractivity contribution in [3.63, 3.8) is 0 Å². The fourth-order valence-electron chi connectivity index (χ4n) is 5.49. The maximum Gasteiger partial charge on any atom is 0.407 e. The zero-order valence-electron chi connectivity index (χ0n) is 20.2. The second-order valence-corrected chi connectivity index (χ2v) is 9.70. The van der Waals surface area contributed by atoms with Crippen LogP contribution in [-0.4, -0.2) is 42.8 Å². The number of fused-ring (bicyclic) bond motifs is 3. The quantitative estimate of drug-likeness (QED) is 0.459. The number of hydrogen-bond acceptors (Lipinski definition) is 4. The van der Waals surface area contributed by atoms with Crippen molar-refractivity contribution in [2.24, 2.45) is 11.3 Å². The van der Waals surface area contributed by atoms with E-state index >= 15 is 0 Å². The normalized spacial score (nSPS) is 16.7. The van der Waals surface area contributed by atoms with Crippen LogP contribution >= 0.6 is 0 Å². The predicted octanol–water partition coefficient (Wildman–Crippen LogP) is 4.70. The first kappa shape index (κ1) is 24.8. The molecule has 7 heteroatoms. The third-order valence-corrected chi connectivity index (χ3v) is 7.45. The molecule has 0 radical (unpaired) electrons. The lowest BCUT2D eigenvalue weighted by molar-refractivity contribution is -0.142. The van der Waals surface area contributed by atoms with E-state index < -0.39 is 23.4 Å². The first-order chi connectivity index (χ1) is 16.9. The number of amides is 2. The van der Waals surface area contributed by atoms with Crippen molar-refractivity contribution < 1.29 is 24.2 Å². The molecule has 2 aromatic rings. The van der Waals surface area contributed by atoms with Crippen LogP contribution in [0.5, 0.6) is 0 Å². The van der Waals surface area contributed by atoms with Gasteiger partial charge in [0.25, 0.3) is 0 Å². The van der Waals surface area contributed by atoms with E-state index in [0.717, 1.165) is 30.4 Å². The summed E-state index contributed by atoms with van der Waals surface area (Å²) in [5, 5.41) is 15.0. The molecule has 186 valence electrons. The number of aliphatic carboxylic acids is 1. The predicted molar refractivity (Wildman–Crippen MR) is 133 cm³/mol. The van der Waals surface area contributed by atoms with Gasteiger partial charge in [-0.3, -0.25) is 9.59 Å². The molecule has 1 saturated carbocycles. The minimum atomic E-state index is -0.899. The van der Waals surface area contributed by atoms with Gasteiger partial charge in [0, 0.05) is 19.0 Å². The van der Waals surface area contributed by atoms with Gasteiger partial charge >= 0.3 is 12.1 Å². The van der Waals surface area contributed by atoms with Crippen LogP contribution in [0.2, 0.25) is 0 Å². The summed E-state index contributed by atoms with van der Waals surface area (Å²) in [7, 11) is 0. The van der Waals surface area contributed by atoms with Gasteiger partial charge in [-0.15, -0.1) is 0 Å². The molecule has 2 aliphatic rings. The Labute approximate surface area is 206 Å². The lowest BCUT2D eigenvalue weighted by Crippen LogP contribution is -2.48. The van der Waals surface area contributed by atoms with Gasteiger partial charge in [0.1, 0.15) is 6.61 Å². The smallest absolute Gasteiger partial charge is 0.407 e. The average Bonchev–Trinajstić information content (AvgIpc) is 3.47. The van der Waals surface area contributed by atoms with Crippen LogP contribution in [0.25, 0.3) is 11.1 Å². The lowest BCUT2D eigenvalue weighted by Gasteiger charge is -2.28. The zero-order valence-corrected chi connectivity index (χ0v) is 20.2. The number of carboxylic acid groups (broad SMARTS) is 1. The Morgan fingerprint density at radius 2 is 1.60 bits per heavy atom. The molecule has 1 fully saturated rings. The minimum absolute atomic E-state index is 0.0246. The van der Waals surface area contributed by atoms with E-state index in [1.807, 2.05) is 31.2 Å². The Hall–Kier alpha value is -3.35. The van der Waals surface area contributed by atoms with E-state index in [0.29, 0.717) is 19.3 Å². The molecule has 0 aliphatic heterocycles. The lowest BCUT2D eigenvalue weighted by atomic mass is 9.84. The second kappa shape index (κ2) is 10.9. The van der Waals surface area contributed by atoms with Crippen LogP contribution < -0.4 is 10.6 Å². The van der Waals surface area contributed by atoms with Crippen LogP contribution in [0.3, 0.4) is 0 Å². The number of alkyl carbamates (subject to hydrolysis) is 1. The molecule has 3 N–H and O–H groups in total. The zero-order chi connectivity index (χ0) is 24.8. The van der Waals surface area contributed by atoms with Crippen molar-refractivity contribution in [3.8, 4) is 11.1 Å². The molecule has 2 aromatic carbocycles. The van der Waals surface area contributed by atoms with Crippen LogP contribution in [0, 0.1) is 11.3 Å². The minimum Gasteiger partial charge on any atom is -0.481 e.